The Kier molecular flexibility index (Phi) is 8.06. The van der Waals surface area contributed by atoms with Gasteiger partial charge < -0.3 is 26.4 Å². The van der Waals surface area contributed by atoms with Crippen molar-refractivity contribution in [1.82, 2.24) is 10.2 Å². The lowest BCUT2D eigenvalue weighted by molar-refractivity contribution is -0.139. The lowest BCUT2D eigenvalue weighted by Gasteiger charge is -2.31. The van der Waals surface area contributed by atoms with Crippen LogP contribution in [0.3, 0.4) is 0 Å². The molecule has 1 aliphatic rings. The van der Waals surface area contributed by atoms with E-state index in [-0.39, 0.29) is 24.2 Å². The standard InChI is InChI=1S/C30H27N3O9S/c1-33(30(41)42)28(38)19(32-20(34)10-9-18(31)29(39)40)12-43-27-23-16-8-7-14-4-2-3-13-5-6-15(22(16)21(13)14)11-17(23)24(35)25(36)26(27)37/h2-8,11,18-19,26-27,37H,9-10,12,31H2,1H3,(H,32,34)(H,39,40)(H,41,42). The average molecular weight is 606 g/mol. The average Bonchev–Trinajstić information content (AvgIpc) is 2.99. The van der Waals surface area contributed by atoms with Crippen LogP contribution in [0, 0.1) is 0 Å². The summed E-state index contributed by atoms with van der Waals surface area (Å²) in [7, 11) is 1.01. The third-order valence-corrected chi connectivity index (χ3v) is 9.07. The summed E-state index contributed by atoms with van der Waals surface area (Å²) in [4.78, 5) is 74.6. The van der Waals surface area contributed by atoms with Crippen molar-refractivity contribution >= 4 is 79.5 Å². The van der Waals surface area contributed by atoms with Crippen LogP contribution >= 0.6 is 11.8 Å². The molecule has 0 aliphatic heterocycles. The molecule has 4 unspecified atom stereocenters. The van der Waals surface area contributed by atoms with Gasteiger partial charge in [-0.15, -0.1) is 11.8 Å². The van der Waals surface area contributed by atoms with Crippen LogP contribution in [0.15, 0.2) is 48.5 Å². The van der Waals surface area contributed by atoms with Crippen LogP contribution in [-0.4, -0.2) is 86.7 Å². The van der Waals surface area contributed by atoms with Crippen molar-refractivity contribution in [2.75, 3.05) is 12.8 Å². The van der Waals surface area contributed by atoms with E-state index in [2.05, 4.69) is 5.32 Å². The summed E-state index contributed by atoms with van der Waals surface area (Å²) in [6.07, 6.45) is -3.92. The molecule has 0 fully saturated rings. The van der Waals surface area contributed by atoms with E-state index >= 15 is 0 Å². The monoisotopic (exact) mass is 605 g/mol. The van der Waals surface area contributed by atoms with Gasteiger partial charge in [-0.3, -0.25) is 24.0 Å². The fourth-order valence-corrected chi connectivity index (χ4v) is 6.79. The molecule has 12 nitrogen and oxygen atoms in total. The summed E-state index contributed by atoms with van der Waals surface area (Å²) in [6.45, 7) is 0. The molecule has 13 heteroatoms. The molecule has 43 heavy (non-hydrogen) atoms. The van der Waals surface area contributed by atoms with E-state index in [0.29, 0.717) is 15.8 Å². The number of carboxylic acid groups (broad SMARTS) is 2. The van der Waals surface area contributed by atoms with Crippen LogP contribution in [0.25, 0.3) is 32.3 Å². The first-order valence-corrected chi connectivity index (χ1v) is 14.3. The third-order valence-electron chi connectivity index (χ3n) is 7.69. The lowest BCUT2D eigenvalue weighted by Crippen LogP contribution is -2.50. The Morgan fingerprint density at radius 1 is 1.00 bits per heavy atom. The number of aliphatic hydroxyl groups excluding tert-OH is 1. The molecular weight excluding hydrogens is 578 g/mol. The number of benzene rings is 4. The largest absolute Gasteiger partial charge is 0.480 e. The van der Waals surface area contributed by atoms with Crippen molar-refractivity contribution in [3.8, 4) is 0 Å². The lowest BCUT2D eigenvalue weighted by atomic mass is 9.81. The van der Waals surface area contributed by atoms with Crippen LogP contribution in [0.1, 0.15) is 34.0 Å². The highest BCUT2D eigenvalue weighted by atomic mass is 32.2. The number of nitrogens with two attached hydrogens (primary N) is 1. The Balaban J connectivity index is 1.53. The summed E-state index contributed by atoms with van der Waals surface area (Å²) >= 11 is 0.924. The second kappa shape index (κ2) is 11.6. The van der Waals surface area contributed by atoms with Crippen LogP contribution in [0.2, 0.25) is 0 Å². The van der Waals surface area contributed by atoms with Gasteiger partial charge in [0.1, 0.15) is 18.2 Å². The first kappa shape index (κ1) is 29.9. The first-order valence-electron chi connectivity index (χ1n) is 13.3. The number of aliphatic carboxylic acids is 1. The highest BCUT2D eigenvalue weighted by Gasteiger charge is 2.43. The zero-order valence-electron chi connectivity index (χ0n) is 22.8. The number of carboxylic acids is 1. The number of ketones is 2. The molecule has 0 bridgehead atoms. The molecule has 5 rings (SSSR count). The number of rotatable bonds is 9. The number of nitrogens with one attached hydrogen (secondary N) is 1. The van der Waals surface area contributed by atoms with Gasteiger partial charge in [0.05, 0.1) is 5.25 Å². The maximum absolute atomic E-state index is 13.1. The van der Waals surface area contributed by atoms with Crippen molar-refractivity contribution in [3.05, 3.63) is 59.7 Å². The van der Waals surface area contributed by atoms with Crippen LogP contribution in [0.5, 0.6) is 0 Å². The number of nitrogens with zero attached hydrogens (tertiary/aromatic N) is 1. The molecule has 4 atom stereocenters. The van der Waals surface area contributed by atoms with Gasteiger partial charge in [0.15, 0.2) is 0 Å². The zero-order chi connectivity index (χ0) is 31.2. The number of carbonyl (C=O) groups is 6. The molecule has 6 N–H and O–H groups in total. The number of Topliss-reactive ketones (excluding diaryl/α,β-unsaturated/α-hetero) is 2. The van der Waals surface area contributed by atoms with E-state index in [0.717, 1.165) is 45.7 Å². The topological polar surface area (TPSA) is 204 Å². The number of hydrogen-bond acceptors (Lipinski definition) is 9. The van der Waals surface area contributed by atoms with E-state index in [1.54, 1.807) is 6.07 Å². The van der Waals surface area contributed by atoms with Gasteiger partial charge in [0.25, 0.3) is 5.91 Å². The van der Waals surface area contributed by atoms with Gasteiger partial charge in [0, 0.05) is 24.8 Å². The smallest absolute Gasteiger partial charge is 0.413 e. The predicted molar refractivity (Wildman–Crippen MR) is 158 cm³/mol. The summed E-state index contributed by atoms with van der Waals surface area (Å²) in [5.41, 5.74) is 5.99. The van der Waals surface area contributed by atoms with Crippen molar-refractivity contribution in [2.45, 2.75) is 36.3 Å². The second-order valence-corrected chi connectivity index (χ2v) is 11.5. The van der Waals surface area contributed by atoms with E-state index in [1.165, 1.54) is 0 Å². The van der Waals surface area contributed by atoms with Crippen molar-refractivity contribution in [3.63, 3.8) is 0 Å². The quantitative estimate of drug-likeness (QED) is 0.138. The van der Waals surface area contributed by atoms with Crippen LogP contribution in [-0.2, 0) is 19.2 Å². The van der Waals surface area contributed by atoms with Gasteiger partial charge >= 0.3 is 12.1 Å². The minimum atomic E-state index is -1.76. The molecule has 0 radical (unpaired) electrons. The van der Waals surface area contributed by atoms with Gasteiger partial charge in [-0.1, -0.05) is 42.5 Å². The molecule has 0 heterocycles. The maximum Gasteiger partial charge on any atom is 0.413 e. The highest BCUT2D eigenvalue weighted by molar-refractivity contribution is 7.99. The Hall–Kier alpha value is -4.59. The number of thioether (sulfide) groups is 1. The molecular formula is C30H27N3O9S. The molecule has 4 aromatic carbocycles. The molecule has 0 aromatic heterocycles. The van der Waals surface area contributed by atoms with E-state index in [4.69, 9.17) is 10.8 Å². The van der Waals surface area contributed by atoms with Crippen molar-refractivity contribution < 1.29 is 44.1 Å². The summed E-state index contributed by atoms with van der Waals surface area (Å²) in [5, 5.41) is 35.9. The Bertz CT molecular complexity index is 1810. The number of carbonyl (C=O) groups excluding carboxylic acids is 4. The van der Waals surface area contributed by atoms with E-state index < -0.39 is 58.9 Å². The minimum absolute atomic E-state index is 0.121. The number of hydrogen-bond donors (Lipinski definition) is 5. The van der Waals surface area contributed by atoms with Gasteiger partial charge in [-0.05, 0) is 50.4 Å². The second-order valence-electron chi connectivity index (χ2n) is 10.4. The van der Waals surface area contributed by atoms with Crippen molar-refractivity contribution in [1.29, 1.82) is 0 Å². The van der Waals surface area contributed by atoms with Crippen molar-refractivity contribution in [2.24, 2.45) is 5.73 Å². The zero-order valence-corrected chi connectivity index (χ0v) is 23.6. The Morgan fingerprint density at radius 2 is 1.65 bits per heavy atom. The molecule has 1 aliphatic carbocycles. The van der Waals surface area contributed by atoms with E-state index in [9.17, 15) is 39.0 Å². The Morgan fingerprint density at radius 3 is 2.30 bits per heavy atom. The number of likely N-dealkylation sites (N-methyl/N-ethyl adjacent to an activating group) is 1. The minimum Gasteiger partial charge on any atom is -0.480 e. The SMILES string of the molecule is CN(C(=O)O)C(=O)C(CSC1c2c(cc3ccc4cccc5ccc2c3c45)C(=O)C(=O)C1O)NC(=O)CCC(N)C(=O)O. The van der Waals surface area contributed by atoms with Crippen LogP contribution in [0.4, 0.5) is 4.79 Å². The van der Waals surface area contributed by atoms with Gasteiger partial charge in [-0.25, -0.2) is 9.69 Å². The van der Waals surface area contributed by atoms with Gasteiger partial charge in [-0.2, -0.15) is 0 Å². The summed E-state index contributed by atoms with van der Waals surface area (Å²) < 4.78 is 0. The molecule has 0 saturated heterocycles. The Labute approximate surface area is 248 Å². The summed E-state index contributed by atoms with van der Waals surface area (Å²) in [6, 6.07) is 12.2. The van der Waals surface area contributed by atoms with E-state index in [1.807, 2.05) is 42.5 Å². The molecule has 222 valence electrons. The fraction of sp³-hybridized carbons (Fsp3) is 0.267. The van der Waals surface area contributed by atoms with Gasteiger partial charge in [0.2, 0.25) is 17.5 Å². The predicted octanol–water partition coefficient (Wildman–Crippen LogP) is 2.30. The molecule has 0 spiro atoms. The third kappa shape index (κ3) is 5.38. The molecule has 4 aromatic rings. The number of aliphatic hydroxyl groups is 1. The first-order chi connectivity index (χ1) is 20.4. The normalized spacial score (nSPS) is 18.0. The number of imide groups is 1. The molecule has 0 saturated carbocycles. The number of amides is 3. The molecule has 3 amide bonds. The fourth-order valence-electron chi connectivity index (χ4n) is 5.44. The van der Waals surface area contributed by atoms with Crippen LogP contribution < -0.4 is 11.1 Å². The highest BCUT2D eigenvalue weighted by Crippen LogP contribution is 2.46. The maximum atomic E-state index is 13.1. The number of fused-ring (bicyclic) bond motifs is 2. The summed E-state index contributed by atoms with van der Waals surface area (Å²) in [5.74, 6) is -5.18.